The van der Waals surface area contributed by atoms with Crippen LogP contribution < -0.4 is 0 Å². The molecule has 0 aromatic carbocycles. The summed E-state index contributed by atoms with van der Waals surface area (Å²) in [7, 11) is 0. The van der Waals surface area contributed by atoms with Crippen LogP contribution in [0.4, 0.5) is 0 Å². The summed E-state index contributed by atoms with van der Waals surface area (Å²) < 4.78 is 0. The Hall–Kier alpha value is -1.64. The highest BCUT2D eigenvalue weighted by molar-refractivity contribution is 6.04. The molecule has 0 bridgehead atoms. The lowest BCUT2D eigenvalue weighted by molar-refractivity contribution is -0.144. The summed E-state index contributed by atoms with van der Waals surface area (Å²) in [6.07, 6.45) is 9.28. The SMILES string of the molecule is C=CCC(C(=O)O)C(=O)/C=C/C1C(C)=CCCC1(C)C. The summed E-state index contributed by atoms with van der Waals surface area (Å²) in [5.74, 6) is -2.26. The van der Waals surface area contributed by atoms with E-state index in [0.29, 0.717) is 0 Å². The van der Waals surface area contributed by atoms with Gasteiger partial charge in [0.1, 0.15) is 5.92 Å². The van der Waals surface area contributed by atoms with Crippen molar-refractivity contribution in [3.8, 4) is 0 Å². The molecule has 1 rings (SSSR count). The van der Waals surface area contributed by atoms with Crippen molar-refractivity contribution >= 4 is 11.8 Å². The van der Waals surface area contributed by atoms with Crippen LogP contribution in [0.1, 0.15) is 40.0 Å². The van der Waals surface area contributed by atoms with Crippen molar-refractivity contribution in [3.05, 3.63) is 36.5 Å². The Balaban J connectivity index is 2.87. The predicted molar refractivity (Wildman–Crippen MR) is 80.3 cm³/mol. The second-order valence-corrected chi connectivity index (χ2v) is 6.13. The molecule has 0 aromatic rings. The van der Waals surface area contributed by atoms with Crippen LogP contribution in [-0.4, -0.2) is 16.9 Å². The largest absolute Gasteiger partial charge is 0.481 e. The molecule has 20 heavy (non-hydrogen) atoms. The van der Waals surface area contributed by atoms with Crippen LogP contribution in [0.5, 0.6) is 0 Å². The van der Waals surface area contributed by atoms with E-state index in [4.69, 9.17) is 5.11 Å². The molecule has 0 fully saturated rings. The average molecular weight is 276 g/mol. The van der Waals surface area contributed by atoms with Crippen molar-refractivity contribution in [2.24, 2.45) is 17.3 Å². The Morgan fingerprint density at radius 1 is 1.55 bits per heavy atom. The monoisotopic (exact) mass is 276 g/mol. The van der Waals surface area contributed by atoms with Crippen molar-refractivity contribution in [2.75, 3.05) is 0 Å². The number of hydrogen-bond acceptors (Lipinski definition) is 2. The molecule has 3 heteroatoms. The number of ketones is 1. The number of carboxylic acids is 1. The van der Waals surface area contributed by atoms with Gasteiger partial charge in [-0.05, 0) is 37.7 Å². The highest BCUT2D eigenvalue weighted by Gasteiger charge is 2.31. The standard InChI is InChI=1S/C17H24O3/c1-5-7-13(16(19)20)15(18)10-9-14-12(2)8-6-11-17(14,3)4/h5,8-10,13-14H,1,6-7,11H2,2-4H3,(H,19,20)/b10-9+. The topological polar surface area (TPSA) is 54.4 Å². The van der Waals surface area contributed by atoms with Gasteiger partial charge in [0.05, 0.1) is 0 Å². The van der Waals surface area contributed by atoms with E-state index in [2.05, 4.69) is 33.4 Å². The molecule has 0 aliphatic heterocycles. The smallest absolute Gasteiger partial charge is 0.314 e. The van der Waals surface area contributed by atoms with Crippen LogP contribution in [-0.2, 0) is 9.59 Å². The van der Waals surface area contributed by atoms with E-state index in [1.807, 2.05) is 6.08 Å². The molecule has 0 spiro atoms. The number of carbonyl (C=O) groups is 2. The number of carbonyl (C=O) groups excluding carboxylic acids is 1. The molecule has 0 saturated heterocycles. The van der Waals surface area contributed by atoms with Crippen molar-refractivity contribution in [1.29, 1.82) is 0 Å². The van der Waals surface area contributed by atoms with Gasteiger partial charge in [-0.2, -0.15) is 0 Å². The minimum atomic E-state index is -1.09. The van der Waals surface area contributed by atoms with Crippen LogP contribution in [0.15, 0.2) is 36.5 Å². The molecular weight excluding hydrogens is 252 g/mol. The van der Waals surface area contributed by atoms with E-state index in [1.54, 1.807) is 0 Å². The van der Waals surface area contributed by atoms with Crippen LogP contribution in [0, 0.1) is 17.3 Å². The lowest BCUT2D eigenvalue weighted by Crippen LogP contribution is -2.27. The van der Waals surface area contributed by atoms with Crippen LogP contribution in [0.2, 0.25) is 0 Å². The molecule has 0 aromatic heterocycles. The van der Waals surface area contributed by atoms with E-state index in [9.17, 15) is 9.59 Å². The maximum Gasteiger partial charge on any atom is 0.314 e. The second-order valence-electron chi connectivity index (χ2n) is 6.13. The lowest BCUT2D eigenvalue weighted by Gasteiger charge is -2.36. The molecule has 0 amide bonds. The van der Waals surface area contributed by atoms with E-state index >= 15 is 0 Å². The molecule has 1 aliphatic rings. The zero-order valence-electron chi connectivity index (χ0n) is 12.6. The lowest BCUT2D eigenvalue weighted by atomic mass is 9.68. The number of carboxylic acid groups (broad SMARTS) is 1. The fourth-order valence-electron chi connectivity index (χ4n) is 2.80. The molecule has 0 heterocycles. The van der Waals surface area contributed by atoms with Crippen molar-refractivity contribution in [1.82, 2.24) is 0 Å². The summed E-state index contributed by atoms with van der Waals surface area (Å²) >= 11 is 0. The third kappa shape index (κ3) is 3.92. The van der Waals surface area contributed by atoms with Crippen LogP contribution >= 0.6 is 0 Å². The predicted octanol–water partition coefficient (Wildman–Crippen LogP) is 3.77. The van der Waals surface area contributed by atoms with Crippen molar-refractivity contribution in [2.45, 2.75) is 40.0 Å². The summed E-state index contributed by atoms with van der Waals surface area (Å²) in [5, 5.41) is 9.05. The van der Waals surface area contributed by atoms with Crippen molar-refractivity contribution in [3.63, 3.8) is 0 Å². The summed E-state index contributed by atoms with van der Waals surface area (Å²) in [6.45, 7) is 9.93. The van der Waals surface area contributed by atoms with Gasteiger partial charge in [-0.1, -0.05) is 37.6 Å². The van der Waals surface area contributed by atoms with E-state index in [1.165, 1.54) is 17.7 Å². The molecule has 2 atom stereocenters. The fourth-order valence-corrected chi connectivity index (χ4v) is 2.80. The number of allylic oxidation sites excluding steroid dienone is 5. The molecule has 0 saturated carbocycles. The molecule has 1 N–H and O–H groups in total. The second kappa shape index (κ2) is 6.69. The third-order valence-electron chi connectivity index (χ3n) is 4.08. The van der Waals surface area contributed by atoms with Gasteiger partial charge in [-0.15, -0.1) is 6.58 Å². The Labute approximate surface area is 121 Å². The zero-order valence-corrected chi connectivity index (χ0v) is 12.6. The fraction of sp³-hybridized carbons (Fsp3) is 0.529. The maximum atomic E-state index is 12.0. The minimum Gasteiger partial charge on any atom is -0.481 e. The maximum absolute atomic E-state index is 12.0. The van der Waals surface area contributed by atoms with E-state index < -0.39 is 11.9 Å². The Morgan fingerprint density at radius 2 is 2.20 bits per heavy atom. The minimum absolute atomic E-state index is 0.104. The van der Waals surface area contributed by atoms with E-state index in [-0.39, 0.29) is 23.5 Å². The van der Waals surface area contributed by atoms with Gasteiger partial charge in [0.25, 0.3) is 0 Å². The molecular formula is C17H24O3. The van der Waals surface area contributed by atoms with Gasteiger partial charge >= 0.3 is 5.97 Å². The molecule has 2 unspecified atom stereocenters. The Morgan fingerprint density at radius 3 is 2.70 bits per heavy atom. The van der Waals surface area contributed by atoms with Crippen molar-refractivity contribution < 1.29 is 14.7 Å². The van der Waals surface area contributed by atoms with Crippen LogP contribution in [0.25, 0.3) is 0 Å². The molecule has 0 radical (unpaired) electrons. The number of aliphatic carboxylic acids is 1. The summed E-state index contributed by atoms with van der Waals surface area (Å²) in [4.78, 5) is 23.1. The number of rotatable bonds is 6. The molecule has 1 aliphatic carbocycles. The number of hydrogen-bond donors (Lipinski definition) is 1. The van der Waals surface area contributed by atoms with Gasteiger partial charge in [0, 0.05) is 5.92 Å². The highest BCUT2D eigenvalue weighted by Crippen LogP contribution is 2.41. The molecule has 110 valence electrons. The van der Waals surface area contributed by atoms with E-state index in [0.717, 1.165) is 12.8 Å². The summed E-state index contributed by atoms with van der Waals surface area (Å²) in [5.41, 5.74) is 1.35. The quantitative estimate of drug-likeness (QED) is 0.456. The zero-order chi connectivity index (χ0) is 15.3. The summed E-state index contributed by atoms with van der Waals surface area (Å²) in [6, 6.07) is 0. The van der Waals surface area contributed by atoms with Gasteiger partial charge in [-0.25, -0.2) is 0 Å². The van der Waals surface area contributed by atoms with Gasteiger partial charge in [0.2, 0.25) is 0 Å². The first-order valence-electron chi connectivity index (χ1n) is 7.02. The first kappa shape index (κ1) is 16.4. The third-order valence-corrected chi connectivity index (χ3v) is 4.08. The first-order chi connectivity index (χ1) is 9.29. The Bertz CT molecular complexity index is 455. The molecule has 3 nitrogen and oxygen atoms in total. The van der Waals surface area contributed by atoms with Gasteiger partial charge < -0.3 is 5.11 Å². The van der Waals surface area contributed by atoms with Crippen LogP contribution in [0.3, 0.4) is 0 Å². The Kier molecular flexibility index (Phi) is 5.49. The van der Waals surface area contributed by atoms with Gasteiger partial charge in [-0.3, -0.25) is 9.59 Å². The first-order valence-corrected chi connectivity index (χ1v) is 7.02. The van der Waals surface area contributed by atoms with Gasteiger partial charge in [0.15, 0.2) is 5.78 Å². The average Bonchev–Trinajstić information content (AvgIpc) is 2.33. The highest BCUT2D eigenvalue weighted by atomic mass is 16.4. The normalized spacial score (nSPS) is 23.1.